The number of aromatic nitrogens is 1. The number of rotatable bonds is 1. The van der Waals surface area contributed by atoms with Crippen molar-refractivity contribution >= 4 is 0 Å². The molecule has 0 aliphatic rings. The van der Waals surface area contributed by atoms with Gasteiger partial charge >= 0.3 is 0 Å². The lowest BCUT2D eigenvalue weighted by atomic mass is 10.0. The van der Waals surface area contributed by atoms with Gasteiger partial charge < -0.3 is 0 Å². The Balaban J connectivity index is 3.15. The molecule has 56 valence electrons. The van der Waals surface area contributed by atoms with Crippen LogP contribution < -0.4 is 0 Å². The van der Waals surface area contributed by atoms with Crippen molar-refractivity contribution in [3.8, 4) is 6.07 Å². The van der Waals surface area contributed by atoms with E-state index in [1.165, 1.54) is 0 Å². The van der Waals surface area contributed by atoms with Gasteiger partial charge in [-0.05, 0) is 17.5 Å². The zero-order valence-corrected chi connectivity index (χ0v) is 6.70. The van der Waals surface area contributed by atoms with E-state index < -0.39 is 0 Å². The van der Waals surface area contributed by atoms with E-state index in [0.717, 1.165) is 11.1 Å². The first-order valence-electron chi connectivity index (χ1n) is 3.59. The van der Waals surface area contributed by atoms with Crippen LogP contribution in [0.5, 0.6) is 0 Å². The molecule has 0 radical (unpaired) electrons. The highest BCUT2D eigenvalue weighted by molar-refractivity contribution is 5.36. The smallest absolute Gasteiger partial charge is 0.0995 e. The summed E-state index contributed by atoms with van der Waals surface area (Å²) in [6.07, 6.45) is 3.40. The third-order valence-corrected chi connectivity index (χ3v) is 1.59. The van der Waals surface area contributed by atoms with Crippen LogP contribution in [0, 0.1) is 11.3 Å². The molecule has 0 aliphatic carbocycles. The monoisotopic (exact) mass is 146 g/mol. The van der Waals surface area contributed by atoms with Gasteiger partial charge in [0.1, 0.15) is 0 Å². The van der Waals surface area contributed by atoms with Crippen LogP contribution in [0.4, 0.5) is 0 Å². The van der Waals surface area contributed by atoms with Crippen molar-refractivity contribution in [3.63, 3.8) is 0 Å². The second-order valence-electron chi connectivity index (χ2n) is 2.73. The fourth-order valence-corrected chi connectivity index (χ4v) is 0.969. The molecule has 1 rings (SSSR count). The second-order valence-corrected chi connectivity index (χ2v) is 2.73. The summed E-state index contributed by atoms with van der Waals surface area (Å²) in [5.41, 5.74) is 1.75. The predicted octanol–water partition coefficient (Wildman–Crippen LogP) is 2.08. The van der Waals surface area contributed by atoms with Crippen LogP contribution in [-0.4, -0.2) is 4.98 Å². The molecule has 1 aromatic heterocycles. The Labute approximate surface area is 66.5 Å². The maximum Gasteiger partial charge on any atom is 0.0995 e. The first-order chi connectivity index (χ1) is 5.25. The highest BCUT2D eigenvalue weighted by atomic mass is 14.6. The van der Waals surface area contributed by atoms with Gasteiger partial charge in [0, 0.05) is 12.4 Å². The molecule has 1 heterocycles. The van der Waals surface area contributed by atoms with Gasteiger partial charge in [-0.25, -0.2) is 0 Å². The molecule has 1 aromatic rings. The van der Waals surface area contributed by atoms with Crippen LogP contribution in [0.25, 0.3) is 0 Å². The molecular weight excluding hydrogens is 136 g/mol. The van der Waals surface area contributed by atoms with Crippen molar-refractivity contribution in [2.24, 2.45) is 0 Å². The zero-order chi connectivity index (χ0) is 8.27. The number of hydrogen-bond donors (Lipinski definition) is 0. The van der Waals surface area contributed by atoms with Crippen molar-refractivity contribution in [2.45, 2.75) is 19.8 Å². The molecule has 0 spiro atoms. The number of hydrogen-bond acceptors (Lipinski definition) is 2. The Morgan fingerprint density at radius 1 is 1.55 bits per heavy atom. The summed E-state index contributed by atoms with van der Waals surface area (Å²) >= 11 is 0. The van der Waals surface area contributed by atoms with E-state index in [9.17, 15) is 0 Å². The SMILES string of the molecule is CC(C)c1cnccc1C#N. The minimum Gasteiger partial charge on any atom is -0.264 e. The molecule has 2 nitrogen and oxygen atoms in total. The summed E-state index contributed by atoms with van der Waals surface area (Å²) in [5, 5.41) is 8.69. The van der Waals surface area contributed by atoms with E-state index in [-0.39, 0.29) is 0 Å². The Hall–Kier alpha value is -1.36. The number of nitrogens with zero attached hydrogens (tertiary/aromatic N) is 2. The lowest BCUT2D eigenvalue weighted by Gasteiger charge is -2.04. The normalized spacial score (nSPS) is 9.64. The quantitative estimate of drug-likeness (QED) is 0.608. The van der Waals surface area contributed by atoms with E-state index in [1.54, 1.807) is 18.5 Å². The average molecular weight is 146 g/mol. The summed E-state index contributed by atoms with van der Waals surface area (Å²) in [6.45, 7) is 4.11. The standard InChI is InChI=1S/C9H10N2/c1-7(2)9-6-11-4-3-8(9)5-10/h3-4,6-7H,1-2H3. The first-order valence-corrected chi connectivity index (χ1v) is 3.59. The van der Waals surface area contributed by atoms with E-state index in [4.69, 9.17) is 5.26 Å². The summed E-state index contributed by atoms with van der Waals surface area (Å²) in [6, 6.07) is 3.88. The summed E-state index contributed by atoms with van der Waals surface area (Å²) in [4.78, 5) is 3.96. The predicted molar refractivity (Wildman–Crippen MR) is 43.0 cm³/mol. The lowest BCUT2D eigenvalue weighted by Crippen LogP contribution is -1.92. The Morgan fingerprint density at radius 3 is 2.73 bits per heavy atom. The minimum atomic E-state index is 0.373. The van der Waals surface area contributed by atoms with Gasteiger partial charge in [-0.2, -0.15) is 5.26 Å². The highest BCUT2D eigenvalue weighted by Crippen LogP contribution is 2.16. The maximum atomic E-state index is 8.69. The van der Waals surface area contributed by atoms with Crippen molar-refractivity contribution in [1.82, 2.24) is 4.98 Å². The molecule has 0 amide bonds. The molecule has 0 aromatic carbocycles. The molecule has 0 bridgehead atoms. The molecular formula is C9H10N2. The third-order valence-electron chi connectivity index (χ3n) is 1.59. The van der Waals surface area contributed by atoms with Gasteiger partial charge in [-0.15, -0.1) is 0 Å². The lowest BCUT2D eigenvalue weighted by molar-refractivity contribution is 0.854. The van der Waals surface area contributed by atoms with E-state index >= 15 is 0 Å². The van der Waals surface area contributed by atoms with Crippen LogP contribution in [0.2, 0.25) is 0 Å². The zero-order valence-electron chi connectivity index (χ0n) is 6.70. The van der Waals surface area contributed by atoms with Gasteiger partial charge in [0.25, 0.3) is 0 Å². The van der Waals surface area contributed by atoms with Gasteiger partial charge in [-0.3, -0.25) is 4.98 Å². The van der Waals surface area contributed by atoms with Gasteiger partial charge in [0.15, 0.2) is 0 Å². The Kier molecular flexibility index (Phi) is 2.22. The molecule has 0 saturated carbocycles. The maximum absolute atomic E-state index is 8.69. The Bertz CT molecular complexity index is 284. The van der Waals surface area contributed by atoms with Gasteiger partial charge in [0.2, 0.25) is 0 Å². The van der Waals surface area contributed by atoms with Crippen molar-refractivity contribution < 1.29 is 0 Å². The van der Waals surface area contributed by atoms with Gasteiger partial charge in [-0.1, -0.05) is 13.8 Å². The topological polar surface area (TPSA) is 36.7 Å². The molecule has 0 unspecified atom stereocenters. The number of nitriles is 1. The fraction of sp³-hybridized carbons (Fsp3) is 0.333. The van der Waals surface area contributed by atoms with Crippen LogP contribution >= 0.6 is 0 Å². The van der Waals surface area contributed by atoms with Crippen molar-refractivity contribution in [3.05, 3.63) is 29.6 Å². The first kappa shape index (κ1) is 7.74. The van der Waals surface area contributed by atoms with E-state index in [0.29, 0.717) is 5.92 Å². The van der Waals surface area contributed by atoms with E-state index in [2.05, 4.69) is 24.9 Å². The molecule has 11 heavy (non-hydrogen) atoms. The highest BCUT2D eigenvalue weighted by Gasteiger charge is 2.04. The molecule has 0 saturated heterocycles. The van der Waals surface area contributed by atoms with Crippen LogP contribution in [0.1, 0.15) is 30.9 Å². The third kappa shape index (κ3) is 1.56. The van der Waals surface area contributed by atoms with Gasteiger partial charge in [0.05, 0.1) is 11.6 Å². The largest absolute Gasteiger partial charge is 0.264 e. The molecule has 0 atom stereocenters. The summed E-state index contributed by atoms with van der Waals surface area (Å²) in [5.74, 6) is 0.373. The van der Waals surface area contributed by atoms with Crippen LogP contribution in [0.3, 0.4) is 0 Å². The molecule has 2 heteroatoms. The van der Waals surface area contributed by atoms with Crippen molar-refractivity contribution in [2.75, 3.05) is 0 Å². The summed E-state index contributed by atoms with van der Waals surface area (Å²) < 4.78 is 0. The average Bonchev–Trinajstić information content (AvgIpc) is 2.04. The fourth-order valence-electron chi connectivity index (χ4n) is 0.969. The van der Waals surface area contributed by atoms with E-state index in [1.807, 2.05) is 0 Å². The minimum absolute atomic E-state index is 0.373. The second kappa shape index (κ2) is 3.16. The molecule has 0 N–H and O–H groups in total. The molecule has 0 fully saturated rings. The van der Waals surface area contributed by atoms with Crippen LogP contribution in [0.15, 0.2) is 18.5 Å². The van der Waals surface area contributed by atoms with Crippen LogP contribution in [-0.2, 0) is 0 Å². The molecule has 0 aliphatic heterocycles. The Morgan fingerprint density at radius 2 is 2.27 bits per heavy atom. The van der Waals surface area contributed by atoms with Crippen molar-refractivity contribution in [1.29, 1.82) is 5.26 Å². The number of pyridine rings is 1. The summed E-state index contributed by atoms with van der Waals surface area (Å²) in [7, 11) is 0.